The lowest BCUT2D eigenvalue weighted by Gasteiger charge is -2.39. The van der Waals surface area contributed by atoms with Crippen LogP contribution in [0.25, 0.3) is 11.2 Å². The quantitative estimate of drug-likeness (QED) is 0.491. The van der Waals surface area contributed by atoms with E-state index in [-0.39, 0.29) is 18.4 Å². The van der Waals surface area contributed by atoms with Crippen molar-refractivity contribution < 1.29 is 19.0 Å². The van der Waals surface area contributed by atoms with Crippen LogP contribution in [0.4, 0.5) is 4.79 Å². The molecular formula is C22H25BrN6O4S. The maximum Gasteiger partial charge on any atom is 0.410 e. The Balaban J connectivity index is 1.27. The number of amides is 1. The number of aryl methyl sites for hydroxylation is 1. The molecule has 1 saturated heterocycles. The number of carbonyl (C=O) groups is 1. The molecule has 2 aromatic heterocycles. The third-order valence-corrected chi connectivity index (χ3v) is 7.38. The van der Waals surface area contributed by atoms with Gasteiger partial charge in [-0.1, -0.05) is 11.8 Å². The van der Waals surface area contributed by atoms with Gasteiger partial charge in [0.2, 0.25) is 6.79 Å². The highest BCUT2D eigenvalue weighted by atomic mass is 79.9. The molecule has 4 heterocycles. The molecule has 10 nitrogen and oxygen atoms in total. The summed E-state index contributed by atoms with van der Waals surface area (Å²) >= 11 is 5.02. The van der Waals surface area contributed by atoms with Gasteiger partial charge in [0.05, 0.1) is 6.33 Å². The molecule has 0 unspecified atom stereocenters. The molecule has 1 aromatic carbocycles. The van der Waals surface area contributed by atoms with Crippen LogP contribution in [0.2, 0.25) is 0 Å². The highest BCUT2D eigenvalue weighted by molar-refractivity contribution is 9.10. The molecule has 2 aliphatic rings. The number of rotatable bonds is 5. The average molecular weight is 549 g/mol. The van der Waals surface area contributed by atoms with Gasteiger partial charge in [-0.2, -0.15) is 0 Å². The van der Waals surface area contributed by atoms with Crippen molar-refractivity contribution in [2.24, 2.45) is 5.92 Å². The van der Waals surface area contributed by atoms with Crippen LogP contribution in [0, 0.1) is 11.3 Å². The highest BCUT2D eigenvalue weighted by Gasteiger charge is 2.33. The number of hydrogen-bond acceptors (Lipinski definition) is 8. The number of halogens is 1. The van der Waals surface area contributed by atoms with Crippen molar-refractivity contribution in [3.8, 4) is 11.5 Å². The van der Waals surface area contributed by atoms with Crippen LogP contribution in [-0.2, 0) is 11.3 Å². The first-order valence-electron chi connectivity index (χ1n) is 10.9. The third-order valence-electron chi connectivity index (χ3n) is 5.52. The number of likely N-dealkylation sites (tertiary alicyclic amines) is 1. The third kappa shape index (κ3) is 4.74. The van der Waals surface area contributed by atoms with Gasteiger partial charge in [0, 0.05) is 29.0 Å². The summed E-state index contributed by atoms with van der Waals surface area (Å²) in [5.74, 6) is 1.79. The number of nitrogens with one attached hydrogen (secondary N) is 2. The molecule has 0 saturated carbocycles. The lowest BCUT2D eigenvalue weighted by molar-refractivity contribution is -0.00263. The summed E-state index contributed by atoms with van der Waals surface area (Å²) in [6, 6.07) is 3.79. The lowest BCUT2D eigenvalue weighted by atomic mass is 9.97. The molecule has 2 N–H and O–H groups in total. The Morgan fingerprint density at radius 3 is 2.79 bits per heavy atom. The molecular weight excluding hydrogens is 524 g/mol. The maximum atomic E-state index is 12.1. The number of nitrogens with zero attached hydrogens (tertiary/aromatic N) is 4. The second-order valence-electron chi connectivity index (χ2n) is 9.31. The molecule has 0 atom stereocenters. The molecule has 0 bridgehead atoms. The zero-order chi connectivity index (χ0) is 24.0. The lowest BCUT2D eigenvalue weighted by Crippen LogP contribution is -2.51. The summed E-state index contributed by atoms with van der Waals surface area (Å²) in [5.41, 5.74) is 0.933. The normalized spacial score (nSPS) is 15.6. The Morgan fingerprint density at radius 2 is 2.06 bits per heavy atom. The van der Waals surface area contributed by atoms with Crippen LogP contribution < -0.4 is 15.0 Å². The number of fused-ring (bicyclic) bond motifs is 2. The molecule has 3 aromatic rings. The summed E-state index contributed by atoms with van der Waals surface area (Å²) in [4.78, 5) is 27.0. The highest BCUT2D eigenvalue weighted by Crippen LogP contribution is 2.42. The first-order chi connectivity index (χ1) is 16.2. The van der Waals surface area contributed by atoms with Gasteiger partial charge in [0.25, 0.3) is 0 Å². The van der Waals surface area contributed by atoms with Gasteiger partial charge in [0.1, 0.15) is 11.1 Å². The Morgan fingerprint density at radius 1 is 1.32 bits per heavy atom. The monoisotopic (exact) mass is 548 g/mol. The van der Waals surface area contributed by atoms with E-state index in [1.165, 1.54) is 11.8 Å². The second-order valence-corrected chi connectivity index (χ2v) is 11.2. The van der Waals surface area contributed by atoms with E-state index in [2.05, 4.69) is 25.9 Å². The van der Waals surface area contributed by atoms with E-state index in [0.717, 1.165) is 15.8 Å². The Kier molecular flexibility index (Phi) is 5.96. The summed E-state index contributed by atoms with van der Waals surface area (Å²) in [6.07, 6.45) is 2.27. The SMILES string of the molecule is CC(C)(C)OC(=O)N1CC(CCn2cnc(=N)c3[nH]c(Sc4cc5c(cc4Br)OCO5)nc32)C1. The number of hydrogen-bond donors (Lipinski definition) is 2. The molecule has 2 aliphatic heterocycles. The fourth-order valence-electron chi connectivity index (χ4n) is 3.80. The number of imidazole rings is 1. The number of benzene rings is 1. The van der Waals surface area contributed by atoms with E-state index < -0.39 is 5.60 Å². The van der Waals surface area contributed by atoms with Crippen LogP contribution >= 0.6 is 27.7 Å². The minimum atomic E-state index is -0.487. The number of aromatic nitrogens is 4. The van der Waals surface area contributed by atoms with Gasteiger partial charge in [-0.15, -0.1) is 0 Å². The van der Waals surface area contributed by atoms with Crippen LogP contribution in [0.5, 0.6) is 11.5 Å². The van der Waals surface area contributed by atoms with Crippen molar-refractivity contribution in [1.29, 1.82) is 5.41 Å². The molecule has 12 heteroatoms. The van der Waals surface area contributed by atoms with E-state index in [9.17, 15) is 4.79 Å². The van der Waals surface area contributed by atoms with Crippen LogP contribution in [0.1, 0.15) is 27.2 Å². The molecule has 0 radical (unpaired) electrons. The van der Waals surface area contributed by atoms with Crippen molar-refractivity contribution in [2.75, 3.05) is 19.9 Å². The average Bonchev–Trinajstić information content (AvgIpc) is 3.34. The van der Waals surface area contributed by atoms with Crippen molar-refractivity contribution in [2.45, 2.75) is 49.4 Å². The fourth-order valence-corrected chi connectivity index (χ4v) is 5.19. The molecule has 180 valence electrons. The molecule has 34 heavy (non-hydrogen) atoms. The second kappa shape index (κ2) is 8.81. The van der Waals surface area contributed by atoms with E-state index in [0.29, 0.717) is 53.4 Å². The predicted molar refractivity (Wildman–Crippen MR) is 128 cm³/mol. The summed E-state index contributed by atoms with van der Waals surface area (Å²) in [7, 11) is 0. The van der Waals surface area contributed by atoms with Gasteiger partial charge >= 0.3 is 6.09 Å². The van der Waals surface area contributed by atoms with Crippen molar-refractivity contribution in [3.63, 3.8) is 0 Å². The van der Waals surface area contributed by atoms with Crippen molar-refractivity contribution in [3.05, 3.63) is 28.4 Å². The summed E-state index contributed by atoms with van der Waals surface area (Å²) in [5, 5.41) is 8.85. The Labute approximate surface area is 208 Å². The number of carbonyl (C=O) groups excluding carboxylic acids is 1. The first-order valence-corrected chi connectivity index (χ1v) is 12.5. The zero-order valence-corrected chi connectivity index (χ0v) is 21.5. The van der Waals surface area contributed by atoms with Gasteiger partial charge in [0.15, 0.2) is 27.8 Å². The van der Waals surface area contributed by atoms with Crippen molar-refractivity contribution >= 4 is 44.9 Å². The number of ether oxygens (including phenoxy) is 3. The van der Waals surface area contributed by atoms with E-state index >= 15 is 0 Å². The summed E-state index contributed by atoms with van der Waals surface area (Å²) < 4.78 is 19.2. The summed E-state index contributed by atoms with van der Waals surface area (Å²) in [6.45, 7) is 7.88. The minimum Gasteiger partial charge on any atom is -0.454 e. The van der Waals surface area contributed by atoms with E-state index in [4.69, 9.17) is 24.6 Å². The van der Waals surface area contributed by atoms with Crippen molar-refractivity contribution in [1.82, 2.24) is 24.4 Å². The van der Waals surface area contributed by atoms with Gasteiger partial charge in [-0.3, -0.25) is 5.41 Å². The zero-order valence-electron chi connectivity index (χ0n) is 19.1. The first kappa shape index (κ1) is 23.0. The standard InChI is InChI=1S/C22H25BrN6O4S/c1-22(2,3)33-21(30)29-8-12(9-29)4-5-28-10-25-18(24)17-19(28)27-20(26-17)34-16-7-15-14(6-13(16)23)31-11-32-15/h6-7,10,12,24H,4-5,8-9,11H2,1-3H3,(H,26,27). The Hall–Kier alpha value is -2.73. The minimum absolute atomic E-state index is 0.148. The maximum absolute atomic E-state index is 12.1. The van der Waals surface area contributed by atoms with E-state index in [1.807, 2.05) is 37.5 Å². The number of H-pyrrole nitrogens is 1. The fraction of sp³-hybridized carbons (Fsp3) is 0.455. The van der Waals surface area contributed by atoms with Crippen LogP contribution in [0.15, 0.2) is 33.0 Å². The predicted octanol–water partition coefficient (Wildman–Crippen LogP) is 4.14. The van der Waals surface area contributed by atoms with Crippen LogP contribution in [-0.4, -0.2) is 56.0 Å². The topological polar surface area (TPSA) is 118 Å². The molecule has 5 rings (SSSR count). The molecule has 1 amide bonds. The van der Waals surface area contributed by atoms with E-state index in [1.54, 1.807) is 11.2 Å². The molecule has 0 aliphatic carbocycles. The largest absolute Gasteiger partial charge is 0.454 e. The van der Waals surface area contributed by atoms with Gasteiger partial charge < -0.3 is 28.7 Å². The smallest absolute Gasteiger partial charge is 0.410 e. The van der Waals surface area contributed by atoms with Gasteiger partial charge in [-0.05, 0) is 61.2 Å². The van der Waals surface area contributed by atoms with Gasteiger partial charge in [-0.25, -0.2) is 14.8 Å². The molecule has 0 spiro atoms. The molecule has 1 fully saturated rings. The number of aromatic amines is 1. The van der Waals surface area contributed by atoms with Crippen LogP contribution in [0.3, 0.4) is 0 Å². The Bertz CT molecular complexity index is 1310.